The summed E-state index contributed by atoms with van der Waals surface area (Å²) in [5, 5.41) is 14.5. The Balaban J connectivity index is 1.76. The molecule has 0 aromatic heterocycles. The number of hydrogen-bond acceptors (Lipinski definition) is 4. The van der Waals surface area contributed by atoms with Gasteiger partial charge in [-0.25, -0.2) is 0 Å². The third-order valence-corrected chi connectivity index (χ3v) is 7.41. The second kappa shape index (κ2) is 14.3. The second-order valence-electron chi connectivity index (χ2n) is 10.7. The summed E-state index contributed by atoms with van der Waals surface area (Å²) >= 11 is 0. The number of aliphatic hydroxyl groups is 1. The molecule has 0 aliphatic carbocycles. The van der Waals surface area contributed by atoms with Crippen LogP contribution in [0.25, 0.3) is 0 Å². The predicted molar refractivity (Wildman–Crippen MR) is 150 cm³/mol. The van der Waals surface area contributed by atoms with Crippen molar-refractivity contribution in [3.8, 4) is 0 Å². The number of carbonyl (C=O) groups excluding carboxylic acids is 2. The normalized spacial score (nSPS) is 19.0. The highest BCUT2D eigenvalue weighted by molar-refractivity contribution is 5.99. The maximum atomic E-state index is 13.6. The molecule has 0 saturated carbocycles. The SMILES string of the molecule is CCN1CCCCC[C@@H](C)CCN([C@H](O)CNCc2cccc(C(C)C)c2)C(=O)c2cccc(c2)C1=O. The van der Waals surface area contributed by atoms with E-state index in [1.165, 1.54) is 5.56 Å². The van der Waals surface area contributed by atoms with Crippen LogP contribution in [0.3, 0.4) is 0 Å². The molecule has 2 bridgehead atoms. The van der Waals surface area contributed by atoms with Gasteiger partial charge in [-0.05, 0) is 60.9 Å². The monoisotopic (exact) mass is 507 g/mol. The minimum atomic E-state index is -0.963. The molecule has 0 spiro atoms. The van der Waals surface area contributed by atoms with Crippen LogP contribution in [0.15, 0.2) is 48.5 Å². The van der Waals surface area contributed by atoms with Crippen molar-refractivity contribution in [2.24, 2.45) is 5.92 Å². The second-order valence-corrected chi connectivity index (χ2v) is 10.7. The Hall–Kier alpha value is -2.70. The quantitative estimate of drug-likeness (QED) is 0.525. The van der Waals surface area contributed by atoms with Gasteiger partial charge in [0.05, 0.1) is 0 Å². The highest BCUT2D eigenvalue weighted by atomic mass is 16.3. The van der Waals surface area contributed by atoms with Crippen LogP contribution in [0.1, 0.15) is 97.6 Å². The summed E-state index contributed by atoms with van der Waals surface area (Å²) in [6.45, 7) is 11.3. The Morgan fingerprint density at radius 3 is 2.41 bits per heavy atom. The lowest BCUT2D eigenvalue weighted by Crippen LogP contribution is -2.46. The zero-order valence-electron chi connectivity index (χ0n) is 23.1. The summed E-state index contributed by atoms with van der Waals surface area (Å²) in [7, 11) is 0. The molecule has 1 aliphatic rings. The van der Waals surface area contributed by atoms with E-state index in [9.17, 15) is 14.7 Å². The molecular formula is C31H45N3O3. The molecule has 37 heavy (non-hydrogen) atoms. The Labute approximate surface area is 223 Å². The summed E-state index contributed by atoms with van der Waals surface area (Å²) in [5.41, 5.74) is 3.40. The van der Waals surface area contributed by atoms with E-state index in [1.807, 2.05) is 11.8 Å². The minimum absolute atomic E-state index is 0.0437. The number of nitrogens with one attached hydrogen (secondary N) is 1. The Morgan fingerprint density at radius 1 is 0.946 bits per heavy atom. The van der Waals surface area contributed by atoms with Gasteiger partial charge in [0.25, 0.3) is 11.8 Å². The van der Waals surface area contributed by atoms with Crippen LogP contribution in [-0.2, 0) is 6.54 Å². The van der Waals surface area contributed by atoms with E-state index in [-0.39, 0.29) is 18.4 Å². The van der Waals surface area contributed by atoms with E-state index < -0.39 is 6.23 Å². The molecule has 6 nitrogen and oxygen atoms in total. The molecule has 2 N–H and O–H groups in total. The van der Waals surface area contributed by atoms with Crippen molar-refractivity contribution in [1.29, 1.82) is 0 Å². The minimum Gasteiger partial charge on any atom is -0.372 e. The fourth-order valence-corrected chi connectivity index (χ4v) is 4.92. The number of rotatable bonds is 7. The highest BCUT2D eigenvalue weighted by Crippen LogP contribution is 2.19. The summed E-state index contributed by atoms with van der Waals surface area (Å²) in [4.78, 5) is 30.2. The molecule has 1 heterocycles. The van der Waals surface area contributed by atoms with Gasteiger partial charge in [-0.1, -0.05) is 70.4 Å². The van der Waals surface area contributed by atoms with E-state index in [0.29, 0.717) is 42.6 Å². The van der Waals surface area contributed by atoms with Crippen LogP contribution in [-0.4, -0.2) is 59.1 Å². The summed E-state index contributed by atoms with van der Waals surface area (Å²) in [5.74, 6) is 0.626. The van der Waals surface area contributed by atoms with Crippen LogP contribution >= 0.6 is 0 Å². The van der Waals surface area contributed by atoms with Gasteiger partial charge in [-0.15, -0.1) is 0 Å². The van der Waals surface area contributed by atoms with Crippen molar-refractivity contribution in [3.63, 3.8) is 0 Å². The number of aliphatic hydroxyl groups excluding tert-OH is 1. The van der Waals surface area contributed by atoms with E-state index in [2.05, 4.69) is 50.4 Å². The van der Waals surface area contributed by atoms with Gasteiger partial charge in [0, 0.05) is 43.9 Å². The largest absolute Gasteiger partial charge is 0.372 e. The Morgan fingerprint density at radius 2 is 1.68 bits per heavy atom. The van der Waals surface area contributed by atoms with Gasteiger partial charge < -0.3 is 20.2 Å². The van der Waals surface area contributed by atoms with Gasteiger partial charge in [0.2, 0.25) is 0 Å². The smallest absolute Gasteiger partial charge is 0.255 e. The summed E-state index contributed by atoms with van der Waals surface area (Å²) in [6.07, 6.45) is 4.13. The van der Waals surface area contributed by atoms with Gasteiger partial charge >= 0.3 is 0 Å². The standard InChI is InChI=1S/C31H45N3O3/c1-5-33-17-8-6-7-11-24(4)16-18-34(31(37)28-15-10-14-27(20-28)30(33)36)29(35)22-32-21-25-12-9-13-26(19-25)23(2)3/h9-10,12-15,19-20,23-24,29,32,35H,5-8,11,16-18,21-22H2,1-4H3/t24-,29-/m1/s1. The average Bonchev–Trinajstić information content (AvgIpc) is 2.90. The Bertz CT molecular complexity index is 1020. The topological polar surface area (TPSA) is 72.9 Å². The first-order valence-electron chi connectivity index (χ1n) is 14.0. The molecule has 0 unspecified atom stereocenters. The first-order chi connectivity index (χ1) is 17.8. The van der Waals surface area contributed by atoms with Crippen molar-refractivity contribution < 1.29 is 14.7 Å². The van der Waals surface area contributed by atoms with E-state index in [1.54, 1.807) is 29.2 Å². The maximum Gasteiger partial charge on any atom is 0.255 e. The van der Waals surface area contributed by atoms with E-state index in [4.69, 9.17) is 0 Å². The van der Waals surface area contributed by atoms with E-state index in [0.717, 1.165) is 44.2 Å². The maximum absolute atomic E-state index is 13.6. The molecule has 3 rings (SSSR count). The van der Waals surface area contributed by atoms with Crippen LogP contribution in [0.4, 0.5) is 0 Å². The molecule has 202 valence electrons. The van der Waals surface area contributed by atoms with Crippen molar-refractivity contribution >= 4 is 11.8 Å². The number of nitrogens with zero attached hydrogens (tertiary/aromatic N) is 2. The van der Waals surface area contributed by atoms with E-state index >= 15 is 0 Å². The number of benzene rings is 2. The lowest BCUT2D eigenvalue weighted by Gasteiger charge is -2.30. The van der Waals surface area contributed by atoms with Gasteiger partial charge in [-0.3, -0.25) is 9.59 Å². The number of fused-ring (bicyclic) bond motifs is 2. The lowest BCUT2D eigenvalue weighted by molar-refractivity contribution is 0.00607. The molecule has 2 atom stereocenters. The molecule has 0 saturated heterocycles. The highest BCUT2D eigenvalue weighted by Gasteiger charge is 2.25. The van der Waals surface area contributed by atoms with Crippen LogP contribution in [0, 0.1) is 5.92 Å². The van der Waals surface area contributed by atoms with Gasteiger partial charge in [-0.2, -0.15) is 0 Å². The van der Waals surface area contributed by atoms with Crippen molar-refractivity contribution in [3.05, 3.63) is 70.8 Å². The molecule has 0 radical (unpaired) electrons. The van der Waals surface area contributed by atoms with Crippen LogP contribution < -0.4 is 5.32 Å². The first kappa shape index (κ1) is 28.9. The van der Waals surface area contributed by atoms with Crippen molar-refractivity contribution in [2.45, 2.75) is 78.5 Å². The predicted octanol–water partition coefficient (Wildman–Crippen LogP) is 5.42. The average molecular weight is 508 g/mol. The summed E-state index contributed by atoms with van der Waals surface area (Å²) in [6, 6.07) is 15.4. The zero-order valence-corrected chi connectivity index (χ0v) is 23.1. The van der Waals surface area contributed by atoms with Gasteiger partial charge in [0.15, 0.2) is 0 Å². The fraction of sp³-hybridized carbons (Fsp3) is 0.548. The van der Waals surface area contributed by atoms with Crippen molar-refractivity contribution in [1.82, 2.24) is 15.1 Å². The molecule has 2 aromatic carbocycles. The molecule has 0 fully saturated rings. The number of hydrogen-bond donors (Lipinski definition) is 2. The first-order valence-corrected chi connectivity index (χ1v) is 14.0. The molecule has 2 amide bonds. The van der Waals surface area contributed by atoms with Crippen molar-refractivity contribution in [2.75, 3.05) is 26.2 Å². The van der Waals surface area contributed by atoms with Crippen LogP contribution in [0.5, 0.6) is 0 Å². The Kier molecular flexibility index (Phi) is 11.2. The number of carbonyl (C=O) groups is 2. The fourth-order valence-electron chi connectivity index (χ4n) is 4.92. The summed E-state index contributed by atoms with van der Waals surface area (Å²) < 4.78 is 0. The zero-order chi connectivity index (χ0) is 26.8. The molecule has 2 aromatic rings. The third kappa shape index (κ3) is 8.41. The molecular weight excluding hydrogens is 462 g/mol. The molecule has 1 aliphatic heterocycles. The number of amides is 2. The molecule has 6 heteroatoms. The van der Waals surface area contributed by atoms with Crippen LogP contribution in [0.2, 0.25) is 0 Å². The third-order valence-electron chi connectivity index (χ3n) is 7.41. The lowest BCUT2D eigenvalue weighted by atomic mass is 9.99. The van der Waals surface area contributed by atoms with Gasteiger partial charge in [0.1, 0.15) is 6.23 Å².